The molecule has 2 amide bonds. The van der Waals surface area contributed by atoms with Crippen molar-refractivity contribution in [3.63, 3.8) is 0 Å². The van der Waals surface area contributed by atoms with Crippen molar-refractivity contribution in [3.05, 3.63) is 53.4 Å². The average molecular weight is 498 g/mol. The molecule has 2 atom stereocenters. The number of aromatic nitrogens is 5. The van der Waals surface area contributed by atoms with E-state index in [4.69, 9.17) is 9.84 Å². The monoisotopic (exact) mass is 497 g/mol. The molecule has 12 heteroatoms. The van der Waals surface area contributed by atoms with Crippen LogP contribution in [0, 0.1) is 18.7 Å². The van der Waals surface area contributed by atoms with Crippen molar-refractivity contribution in [1.29, 1.82) is 0 Å². The number of halogens is 1. The summed E-state index contributed by atoms with van der Waals surface area (Å²) in [7, 11) is 1.38. The second kappa shape index (κ2) is 11.2. The lowest BCUT2D eigenvalue weighted by molar-refractivity contribution is -0.124. The molecule has 11 nitrogen and oxygen atoms in total. The SMILES string of the molecule is COc1cc(CNC(=O)c2cc(-c3cn(C[C@@H]4CC[C@H](NC(=O)CO)C4)nn3)nc(C)n2)ccc1F. The highest BCUT2D eigenvalue weighted by Gasteiger charge is 2.26. The molecule has 3 aromatic rings. The highest BCUT2D eigenvalue weighted by molar-refractivity contribution is 5.93. The van der Waals surface area contributed by atoms with Crippen LogP contribution >= 0.6 is 0 Å². The third-order valence-corrected chi connectivity index (χ3v) is 6.04. The molecular weight excluding hydrogens is 469 g/mol. The van der Waals surface area contributed by atoms with Crippen molar-refractivity contribution in [2.24, 2.45) is 5.92 Å². The minimum Gasteiger partial charge on any atom is -0.494 e. The Labute approximate surface area is 207 Å². The molecule has 36 heavy (non-hydrogen) atoms. The van der Waals surface area contributed by atoms with Crippen molar-refractivity contribution < 1.29 is 23.8 Å². The number of rotatable bonds is 9. The lowest BCUT2D eigenvalue weighted by Gasteiger charge is -2.12. The van der Waals surface area contributed by atoms with E-state index in [9.17, 15) is 14.0 Å². The maximum absolute atomic E-state index is 13.6. The zero-order valence-electron chi connectivity index (χ0n) is 20.1. The number of aliphatic hydroxyl groups is 1. The van der Waals surface area contributed by atoms with Crippen molar-refractivity contribution >= 4 is 11.8 Å². The van der Waals surface area contributed by atoms with Crippen LogP contribution in [0.2, 0.25) is 0 Å². The van der Waals surface area contributed by atoms with Crippen LogP contribution < -0.4 is 15.4 Å². The second-order valence-corrected chi connectivity index (χ2v) is 8.76. The molecule has 0 spiro atoms. The standard InChI is InChI=1S/C24H28FN7O4/c1-14-27-19(9-20(28-14)24(35)26-10-15-4-6-18(25)22(8-15)36-2)21-12-32(31-30-21)11-16-3-5-17(7-16)29-23(34)13-33/h4,6,8-9,12,16-17,33H,3,5,7,10-11,13H2,1-2H3,(H,26,35)(H,29,34)/t16-,17+/m1/s1. The number of carbonyl (C=O) groups is 2. The van der Waals surface area contributed by atoms with Gasteiger partial charge in [0, 0.05) is 19.1 Å². The fraction of sp³-hybridized carbons (Fsp3) is 0.417. The van der Waals surface area contributed by atoms with Gasteiger partial charge in [0.05, 0.1) is 19.0 Å². The number of amides is 2. The number of carbonyl (C=O) groups excluding carboxylic acids is 2. The van der Waals surface area contributed by atoms with Gasteiger partial charge in [0.25, 0.3) is 5.91 Å². The van der Waals surface area contributed by atoms with Crippen molar-refractivity contribution in [2.75, 3.05) is 13.7 Å². The molecule has 1 fully saturated rings. The number of methoxy groups -OCH3 is 1. The van der Waals surface area contributed by atoms with Crippen LogP contribution in [-0.2, 0) is 17.9 Å². The number of benzene rings is 1. The molecule has 2 heterocycles. The summed E-state index contributed by atoms with van der Waals surface area (Å²) in [6.07, 6.45) is 4.36. The molecule has 0 bridgehead atoms. The van der Waals surface area contributed by atoms with Gasteiger partial charge in [0.15, 0.2) is 11.6 Å². The van der Waals surface area contributed by atoms with Gasteiger partial charge < -0.3 is 20.5 Å². The lowest BCUT2D eigenvalue weighted by atomic mass is 10.1. The molecule has 0 saturated heterocycles. The smallest absolute Gasteiger partial charge is 0.270 e. The van der Waals surface area contributed by atoms with Gasteiger partial charge in [-0.1, -0.05) is 11.3 Å². The molecule has 3 N–H and O–H groups in total. The first-order valence-electron chi connectivity index (χ1n) is 11.6. The molecule has 1 aliphatic carbocycles. The van der Waals surface area contributed by atoms with E-state index in [1.807, 2.05) is 0 Å². The number of aryl methyl sites for hydroxylation is 1. The Morgan fingerprint density at radius 2 is 2.06 bits per heavy atom. The van der Waals surface area contributed by atoms with Gasteiger partial charge in [0.2, 0.25) is 5.91 Å². The average Bonchev–Trinajstić information content (AvgIpc) is 3.52. The van der Waals surface area contributed by atoms with Crippen LogP contribution in [0.1, 0.15) is 41.1 Å². The van der Waals surface area contributed by atoms with E-state index >= 15 is 0 Å². The van der Waals surface area contributed by atoms with Crippen LogP contribution in [0.15, 0.2) is 30.5 Å². The molecule has 2 aromatic heterocycles. The largest absolute Gasteiger partial charge is 0.494 e. The first-order valence-corrected chi connectivity index (χ1v) is 11.6. The summed E-state index contributed by atoms with van der Waals surface area (Å²) in [5.41, 5.74) is 1.85. The predicted octanol–water partition coefficient (Wildman–Crippen LogP) is 1.40. The van der Waals surface area contributed by atoms with Gasteiger partial charge in [-0.15, -0.1) is 5.10 Å². The summed E-state index contributed by atoms with van der Waals surface area (Å²) in [6.45, 7) is 1.99. The Kier molecular flexibility index (Phi) is 7.84. The third kappa shape index (κ3) is 6.19. The number of hydrogen-bond donors (Lipinski definition) is 3. The van der Waals surface area contributed by atoms with Gasteiger partial charge in [-0.25, -0.2) is 14.4 Å². The van der Waals surface area contributed by atoms with E-state index in [1.165, 1.54) is 19.2 Å². The zero-order chi connectivity index (χ0) is 25.7. The van der Waals surface area contributed by atoms with E-state index < -0.39 is 18.3 Å². The zero-order valence-corrected chi connectivity index (χ0v) is 20.1. The maximum Gasteiger partial charge on any atom is 0.270 e. The normalized spacial score (nSPS) is 17.1. The first kappa shape index (κ1) is 25.2. The Morgan fingerprint density at radius 1 is 1.22 bits per heavy atom. The summed E-state index contributed by atoms with van der Waals surface area (Å²) >= 11 is 0. The van der Waals surface area contributed by atoms with Crippen LogP contribution in [0.25, 0.3) is 11.4 Å². The highest BCUT2D eigenvalue weighted by atomic mass is 19.1. The Bertz CT molecular complexity index is 1250. The second-order valence-electron chi connectivity index (χ2n) is 8.76. The molecule has 1 saturated carbocycles. The van der Waals surface area contributed by atoms with Crippen LogP contribution in [0.3, 0.4) is 0 Å². The van der Waals surface area contributed by atoms with E-state index in [-0.39, 0.29) is 29.9 Å². The highest BCUT2D eigenvalue weighted by Crippen LogP contribution is 2.27. The number of hydrogen-bond acceptors (Lipinski definition) is 8. The number of ether oxygens (including phenoxy) is 1. The molecule has 190 valence electrons. The molecule has 0 radical (unpaired) electrons. The number of aliphatic hydroxyl groups excluding tert-OH is 1. The molecule has 0 unspecified atom stereocenters. The third-order valence-electron chi connectivity index (χ3n) is 6.04. The molecule has 1 aromatic carbocycles. The van der Waals surface area contributed by atoms with Gasteiger partial charge in [-0.2, -0.15) is 0 Å². The summed E-state index contributed by atoms with van der Waals surface area (Å²) in [4.78, 5) is 32.8. The number of nitrogens with zero attached hydrogens (tertiary/aromatic N) is 5. The van der Waals surface area contributed by atoms with Gasteiger partial charge in [-0.05, 0) is 55.9 Å². The van der Waals surface area contributed by atoms with E-state index in [0.29, 0.717) is 35.2 Å². The van der Waals surface area contributed by atoms with E-state index in [2.05, 4.69) is 30.9 Å². The van der Waals surface area contributed by atoms with Crippen molar-refractivity contribution in [3.8, 4) is 17.1 Å². The molecule has 1 aliphatic rings. The Morgan fingerprint density at radius 3 is 2.83 bits per heavy atom. The van der Waals surface area contributed by atoms with Crippen molar-refractivity contribution in [2.45, 2.75) is 45.3 Å². The van der Waals surface area contributed by atoms with Crippen molar-refractivity contribution in [1.82, 2.24) is 35.6 Å². The number of nitrogens with one attached hydrogen (secondary N) is 2. The van der Waals surface area contributed by atoms with Crippen LogP contribution in [0.4, 0.5) is 4.39 Å². The minimum atomic E-state index is -0.507. The van der Waals surface area contributed by atoms with E-state index in [0.717, 1.165) is 19.3 Å². The molecule has 4 rings (SSSR count). The Balaban J connectivity index is 1.39. The maximum atomic E-state index is 13.6. The topological polar surface area (TPSA) is 144 Å². The lowest BCUT2D eigenvalue weighted by Crippen LogP contribution is -2.35. The van der Waals surface area contributed by atoms with Crippen LogP contribution in [-0.4, -0.2) is 61.6 Å². The quantitative estimate of drug-likeness (QED) is 0.402. The molecular formula is C24H28FN7O4. The summed E-state index contributed by atoms with van der Waals surface area (Å²) in [6, 6.07) is 5.99. The molecule has 0 aliphatic heterocycles. The summed E-state index contributed by atoms with van der Waals surface area (Å²) in [5.74, 6) is -0.402. The fourth-order valence-electron chi connectivity index (χ4n) is 4.32. The van der Waals surface area contributed by atoms with Gasteiger partial charge in [-0.3, -0.25) is 14.3 Å². The summed E-state index contributed by atoms with van der Waals surface area (Å²) < 4.78 is 20.3. The Hall–Kier alpha value is -3.93. The minimum absolute atomic E-state index is 0.0548. The fourth-order valence-corrected chi connectivity index (χ4v) is 4.32. The summed E-state index contributed by atoms with van der Waals surface area (Å²) in [5, 5.41) is 22.9. The first-order chi connectivity index (χ1) is 17.3. The predicted molar refractivity (Wildman–Crippen MR) is 126 cm³/mol. The van der Waals surface area contributed by atoms with Crippen LogP contribution in [0.5, 0.6) is 5.75 Å². The van der Waals surface area contributed by atoms with Gasteiger partial charge >= 0.3 is 0 Å². The van der Waals surface area contributed by atoms with Gasteiger partial charge in [0.1, 0.15) is 23.8 Å². The van der Waals surface area contributed by atoms with E-state index in [1.54, 1.807) is 29.9 Å².